The molecule has 7 nitrogen and oxygen atoms in total. The molecule has 0 spiro atoms. The average molecular weight is 317 g/mol. The fraction of sp³-hybridized carbons (Fsp3) is 0.692. The van der Waals surface area contributed by atoms with E-state index in [-0.39, 0.29) is 11.6 Å². The quantitative estimate of drug-likeness (QED) is 0.670. The minimum atomic E-state index is -3.63. The van der Waals surface area contributed by atoms with E-state index in [4.69, 9.17) is 5.11 Å². The molecule has 1 unspecified atom stereocenters. The number of hydrogen-bond donors (Lipinski definition) is 2. The molecule has 21 heavy (non-hydrogen) atoms. The third kappa shape index (κ3) is 5.13. The van der Waals surface area contributed by atoms with E-state index in [2.05, 4.69) is 9.71 Å². The van der Waals surface area contributed by atoms with Crippen molar-refractivity contribution in [3.05, 3.63) is 12.0 Å². The summed E-state index contributed by atoms with van der Waals surface area (Å²) in [5, 5.41) is 8.77. The minimum Gasteiger partial charge on any atom is -0.481 e. The lowest BCUT2D eigenvalue weighted by Gasteiger charge is -2.06. The second-order valence-corrected chi connectivity index (χ2v) is 6.81. The lowest BCUT2D eigenvalue weighted by Crippen LogP contribution is -2.26. The third-order valence-corrected chi connectivity index (χ3v) is 4.55. The Balaban J connectivity index is 2.57. The van der Waals surface area contributed by atoms with E-state index in [1.165, 1.54) is 6.20 Å². The molecule has 1 rings (SSSR count). The lowest BCUT2D eigenvalue weighted by atomic mass is 10.1. The van der Waals surface area contributed by atoms with Gasteiger partial charge in [0.25, 0.3) is 10.0 Å². The van der Waals surface area contributed by atoms with Crippen molar-refractivity contribution in [3.8, 4) is 0 Å². The minimum absolute atomic E-state index is 0.0136. The van der Waals surface area contributed by atoms with Crippen molar-refractivity contribution in [2.75, 3.05) is 6.54 Å². The van der Waals surface area contributed by atoms with Crippen LogP contribution in [0.1, 0.15) is 38.9 Å². The van der Waals surface area contributed by atoms with Crippen molar-refractivity contribution < 1.29 is 18.3 Å². The Morgan fingerprint density at radius 2 is 2.19 bits per heavy atom. The van der Waals surface area contributed by atoms with Gasteiger partial charge >= 0.3 is 5.97 Å². The van der Waals surface area contributed by atoms with E-state index in [0.29, 0.717) is 18.7 Å². The summed E-state index contributed by atoms with van der Waals surface area (Å²) >= 11 is 0. The summed E-state index contributed by atoms with van der Waals surface area (Å²) in [6.45, 7) is 6.31. The first-order valence-corrected chi connectivity index (χ1v) is 8.52. The number of sulfonamides is 1. The maximum Gasteiger partial charge on any atom is 0.306 e. The summed E-state index contributed by atoms with van der Waals surface area (Å²) in [5.41, 5.74) is 0. The van der Waals surface area contributed by atoms with Gasteiger partial charge in [-0.25, -0.2) is 18.1 Å². The highest BCUT2D eigenvalue weighted by molar-refractivity contribution is 7.89. The third-order valence-electron chi connectivity index (χ3n) is 3.22. The summed E-state index contributed by atoms with van der Waals surface area (Å²) in [7, 11) is -3.63. The summed E-state index contributed by atoms with van der Waals surface area (Å²) in [5.74, 6) is -0.677. The number of hydrogen-bond acceptors (Lipinski definition) is 4. The first-order valence-electron chi connectivity index (χ1n) is 7.04. The van der Waals surface area contributed by atoms with Crippen molar-refractivity contribution >= 4 is 16.0 Å². The van der Waals surface area contributed by atoms with Gasteiger partial charge in [0.1, 0.15) is 5.82 Å². The molecule has 0 aromatic carbocycles. The summed E-state index contributed by atoms with van der Waals surface area (Å²) in [6, 6.07) is 0. The van der Waals surface area contributed by atoms with Crippen LogP contribution in [0, 0.1) is 12.8 Å². The molecule has 2 N–H and O–H groups in total. The fourth-order valence-electron chi connectivity index (χ4n) is 1.89. The number of carboxylic acid groups (broad SMARTS) is 1. The van der Waals surface area contributed by atoms with Crippen LogP contribution in [0.5, 0.6) is 0 Å². The summed E-state index contributed by atoms with van der Waals surface area (Å²) < 4.78 is 28.4. The highest BCUT2D eigenvalue weighted by Gasteiger charge is 2.19. The molecular weight excluding hydrogens is 294 g/mol. The first kappa shape index (κ1) is 17.6. The number of imidazole rings is 1. The smallest absolute Gasteiger partial charge is 0.306 e. The van der Waals surface area contributed by atoms with Crippen molar-refractivity contribution in [1.29, 1.82) is 0 Å². The molecule has 8 heteroatoms. The van der Waals surface area contributed by atoms with Crippen LogP contribution >= 0.6 is 0 Å². The van der Waals surface area contributed by atoms with Crippen molar-refractivity contribution in [2.45, 2.75) is 51.6 Å². The zero-order chi connectivity index (χ0) is 16.0. The van der Waals surface area contributed by atoms with E-state index in [1.54, 1.807) is 18.4 Å². The Morgan fingerprint density at radius 3 is 2.76 bits per heavy atom. The molecule has 0 bridgehead atoms. The molecule has 0 aliphatic rings. The van der Waals surface area contributed by atoms with Crippen LogP contribution < -0.4 is 4.72 Å². The SMILES string of the molecule is CCCn1cc(S(=O)(=O)NCCCC(C)C(=O)O)nc1C. The topological polar surface area (TPSA) is 101 Å². The number of carboxylic acids is 1. The van der Waals surface area contributed by atoms with E-state index < -0.39 is 21.9 Å². The Kier molecular flexibility index (Phi) is 6.35. The monoisotopic (exact) mass is 317 g/mol. The van der Waals surface area contributed by atoms with Crippen LogP contribution in [-0.2, 0) is 21.4 Å². The molecule has 0 amide bonds. The Hall–Kier alpha value is -1.41. The first-order chi connectivity index (χ1) is 9.77. The number of nitrogens with zero attached hydrogens (tertiary/aromatic N) is 2. The van der Waals surface area contributed by atoms with Crippen LogP contribution in [0.4, 0.5) is 0 Å². The Bertz CT molecular complexity index is 580. The van der Waals surface area contributed by atoms with Gasteiger partial charge in [-0.2, -0.15) is 0 Å². The number of carbonyl (C=O) groups is 1. The highest BCUT2D eigenvalue weighted by atomic mass is 32.2. The van der Waals surface area contributed by atoms with E-state index in [0.717, 1.165) is 13.0 Å². The molecule has 1 aromatic heterocycles. The number of aryl methyl sites for hydroxylation is 2. The molecule has 1 atom stereocenters. The fourth-order valence-corrected chi connectivity index (χ4v) is 2.97. The zero-order valence-electron chi connectivity index (χ0n) is 12.7. The Morgan fingerprint density at radius 1 is 1.52 bits per heavy atom. The molecule has 0 radical (unpaired) electrons. The molecule has 1 heterocycles. The van der Waals surface area contributed by atoms with Gasteiger partial charge in [-0.3, -0.25) is 4.79 Å². The number of nitrogens with one attached hydrogen (secondary N) is 1. The summed E-state index contributed by atoms with van der Waals surface area (Å²) in [6.07, 6.45) is 3.33. The highest BCUT2D eigenvalue weighted by Crippen LogP contribution is 2.10. The standard InChI is InChI=1S/C13H23N3O4S/c1-4-8-16-9-12(15-11(16)3)21(19,20)14-7-5-6-10(2)13(17)18/h9-10,14H,4-8H2,1-3H3,(H,17,18). The molecule has 0 saturated carbocycles. The van der Waals surface area contributed by atoms with Gasteiger partial charge in [-0.15, -0.1) is 0 Å². The molecule has 1 aromatic rings. The molecular formula is C13H23N3O4S. The largest absolute Gasteiger partial charge is 0.481 e. The molecule has 0 aliphatic carbocycles. The lowest BCUT2D eigenvalue weighted by molar-refractivity contribution is -0.141. The van der Waals surface area contributed by atoms with Gasteiger partial charge in [-0.1, -0.05) is 13.8 Å². The van der Waals surface area contributed by atoms with Crippen molar-refractivity contribution in [1.82, 2.24) is 14.3 Å². The van der Waals surface area contributed by atoms with Gasteiger partial charge in [0.05, 0.1) is 5.92 Å². The maximum atomic E-state index is 12.1. The second kappa shape index (κ2) is 7.56. The van der Waals surface area contributed by atoms with Gasteiger partial charge in [0.2, 0.25) is 0 Å². The molecule has 0 aliphatic heterocycles. The zero-order valence-corrected chi connectivity index (χ0v) is 13.5. The van der Waals surface area contributed by atoms with Gasteiger partial charge in [0, 0.05) is 19.3 Å². The van der Waals surface area contributed by atoms with Gasteiger partial charge in [-0.05, 0) is 26.2 Å². The molecule has 0 fully saturated rings. The van der Waals surface area contributed by atoms with Crippen LogP contribution in [0.3, 0.4) is 0 Å². The van der Waals surface area contributed by atoms with Crippen LogP contribution in [0.25, 0.3) is 0 Å². The van der Waals surface area contributed by atoms with Crippen LogP contribution in [-0.4, -0.2) is 35.6 Å². The molecule has 120 valence electrons. The van der Waals surface area contributed by atoms with Gasteiger partial charge < -0.3 is 9.67 Å². The van der Waals surface area contributed by atoms with Gasteiger partial charge in [0.15, 0.2) is 5.03 Å². The van der Waals surface area contributed by atoms with E-state index in [9.17, 15) is 13.2 Å². The van der Waals surface area contributed by atoms with Crippen molar-refractivity contribution in [2.24, 2.45) is 5.92 Å². The predicted octanol–water partition coefficient (Wildman–Crippen LogP) is 1.38. The number of aromatic nitrogens is 2. The summed E-state index contributed by atoms with van der Waals surface area (Å²) in [4.78, 5) is 14.7. The molecule has 0 saturated heterocycles. The number of aliphatic carboxylic acids is 1. The maximum absolute atomic E-state index is 12.1. The Labute approximate surface area is 125 Å². The normalized spacial score (nSPS) is 13.3. The second-order valence-electron chi connectivity index (χ2n) is 5.10. The van der Waals surface area contributed by atoms with Crippen LogP contribution in [0.15, 0.2) is 11.2 Å². The van der Waals surface area contributed by atoms with E-state index in [1.807, 2.05) is 6.92 Å². The predicted molar refractivity (Wildman–Crippen MR) is 78.5 cm³/mol. The average Bonchev–Trinajstić information content (AvgIpc) is 2.77. The van der Waals surface area contributed by atoms with E-state index >= 15 is 0 Å². The van der Waals surface area contributed by atoms with Crippen LogP contribution in [0.2, 0.25) is 0 Å². The number of rotatable bonds is 9. The van der Waals surface area contributed by atoms with Crippen molar-refractivity contribution in [3.63, 3.8) is 0 Å².